The highest BCUT2D eigenvalue weighted by molar-refractivity contribution is 7.12. The number of benzene rings is 1. The van der Waals surface area contributed by atoms with Gasteiger partial charge in [-0.1, -0.05) is 41.6 Å². The van der Waals surface area contributed by atoms with Crippen molar-refractivity contribution in [1.82, 2.24) is 10.5 Å². The summed E-state index contributed by atoms with van der Waals surface area (Å²) in [5, 5.41) is 19.0. The van der Waals surface area contributed by atoms with E-state index >= 15 is 0 Å². The molecule has 0 radical (unpaired) electrons. The molecule has 0 spiro atoms. The summed E-state index contributed by atoms with van der Waals surface area (Å²) in [6.45, 7) is 0.369. The number of nitrogens with zero attached hydrogens (tertiary/aromatic N) is 1. The van der Waals surface area contributed by atoms with Gasteiger partial charge in [0.25, 0.3) is 5.91 Å². The van der Waals surface area contributed by atoms with Crippen LogP contribution in [-0.2, 0) is 6.54 Å². The first-order chi connectivity index (χ1) is 13.2. The fourth-order valence-electron chi connectivity index (χ4n) is 2.60. The van der Waals surface area contributed by atoms with Gasteiger partial charge >= 0.3 is 0 Å². The average molecular weight is 396 g/mol. The molecule has 4 rings (SSSR count). The first-order valence-corrected chi connectivity index (χ1v) is 10.0. The Hall–Kier alpha value is -2.74. The number of hydrogen-bond donors (Lipinski definition) is 2. The van der Waals surface area contributed by atoms with E-state index < -0.39 is 6.10 Å². The summed E-state index contributed by atoms with van der Waals surface area (Å²) in [5.41, 5.74) is 1.11. The molecule has 0 saturated heterocycles. The molecule has 0 aliphatic heterocycles. The molecule has 0 fully saturated rings. The summed E-state index contributed by atoms with van der Waals surface area (Å²) in [7, 11) is 0. The molecule has 0 aliphatic rings. The second-order valence-electron chi connectivity index (χ2n) is 5.85. The SMILES string of the molecule is O=C(NCc1ccc([C@H](O)c2cccs2)s1)c1cc(-c2ccccc2)on1. The van der Waals surface area contributed by atoms with Crippen molar-refractivity contribution in [3.63, 3.8) is 0 Å². The normalized spacial score (nSPS) is 12.0. The number of hydrogen-bond acceptors (Lipinski definition) is 6. The fraction of sp³-hybridized carbons (Fsp3) is 0.100. The van der Waals surface area contributed by atoms with Gasteiger partial charge in [0.05, 0.1) is 6.54 Å². The minimum absolute atomic E-state index is 0.240. The summed E-state index contributed by atoms with van der Waals surface area (Å²) in [6, 6.07) is 18.8. The maximum Gasteiger partial charge on any atom is 0.273 e. The molecule has 136 valence electrons. The van der Waals surface area contributed by atoms with Gasteiger partial charge in [0.1, 0.15) is 6.10 Å². The van der Waals surface area contributed by atoms with Gasteiger partial charge in [-0.15, -0.1) is 22.7 Å². The van der Waals surface area contributed by atoms with E-state index in [1.165, 1.54) is 22.7 Å². The van der Waals surface area contributed by atoms with Gasteiger partial charge < -0.3 is 14.9 Å². The average Bonchev–Trinajstić information content (AvgIpc) is 3.48. The summed E-state index contributed by atoms with van der Waals surface area (Å²) < 4.78 is 5.26. The third kappa shape index (κ3) is 4.00. The molecule has 27 heavy (non-hydrogen) atoms. The molecule has 3 aromatic heterocycles. The van der Waals surface area contributed by atoms with Crippen LogP contribution in [0.2, 0.25) is 0 Å². The van der Waals surface area contributed by atoms with E-state index in [9.17, 15) is 9.90 Å². The molecule has 0 bridgehead atoms. The van der Waals surface area contributed by atoms with Crippen molar-refractivity contribution in [2.45, 2.75) is 12.6 Å². The number of nitrogens with one attached hydrogen (secondary N) is 1. The Balaban J connectivity index is 1.38. The molecule has 0 unspecified atom stereocenters. The highest BCUT2D eigenvalue weighted by Gasteiger charge is 2.16. The van der Waals surface area contributed by atoms with Crippen LogP contribution in [0, 0.1) is 0 Å². The van der Waals surface area contributed by atoms with Crippen LogP contribution in [0.1, 0.15) is 31.2 Å². The zero-order valence-corrected chi connectivity index (χ0v) is 15.8. The Labute approximate surface area is 163 Å². The number of amides is 1. The predicted octanol–water partition coefficient (Wildman–Crippen LogP) is 4.48. The molecule has 1 amide bonds. The van der Waals surface area contributed by atoms with E-state index in [4.69, 9.17) is 4.52 Å². The van der Waals surface area contributed by atoms with Crippen LogP contribution >= 0.6 is 22.7 Å². The quantitative estimate of drug-likeness (QED) is 0.504. The van der Waals surface area contributed by atoms with E-state index in [2.05, 4.69) is 10.5 Å². The highest BCUT2D eigenvalue weighted by Crippen LogP contribution is 2.30. The number of carbonyl (C=O) groups is 1. The number of aliphatic hydroxyl groups is 1. The third-order valence-corrected chi connectivity index (χ3v) is 6.05. The predicted molar refractivity (Wildman–Crippen MR) is 106 cm³/mol. The minimum atomic E-state index is -0.622. The van der Waals surface area contributed by atoms with Crippen molar-refractivity contribution in [3.05, 3.63) is 86.4 Å². The van der Waals surface area contributed by atoms with Crippen LogP contribution in [0.3, 0.4) is 0 Å². The van der Waals surface area contributed by atoms with Crippen LogP contribution in [0.15, 0.2) is 70.6 Å². The third-order valence-electron chi connectivity index (χ3n) is 3.99. The Kier molecular flexibility index (Phi) is 5.15. The van der Waals surface area contributed by atoms with E-state index in [0.717, 1.165) is 20.2 Å². The maximum atomic E-state index is 12.3. The van der Waals surface area contributed by atoms with Crippen molar-refractivity contribution >= 4 is 28.6 Å². The molecule has 4 aromatic rings. The zero-order valence-electron chi connectivity index (χ0n) is 14.2. The Morgan fingerprint density at radius 3 is 2.74 bits per heavy atom. The van der Waals surface area contributed by atoms with Crippen molar-refractivity contribution in [2.24, 2.45) is 0 Å². The van der Waals surface area contributed by atoms with Crippen molar-refractivity contribution in [2.75, 3.05) is 0 Å². The number of thiophene rings is 2. The van der Waals surface area contributed by atoms with Gasteiger partial charge in [0, 0.05) is 26.3 Å². The molecule has 7 heteroatoms. The van der Waals surface area contributed by atoms with Crippen LogP contribution < -0.4 is 5.32 Å². The van der Waals surface area contributed by atoms with Gasteiger partial charge in [0.15, 0.2) is 11.5 Å². The van der Waals surface area contributed by atoms with E-state index in [1.807, 2.05) is 60.0 Å². The monoisotopic (exact) mass is 396 g/mol. The second-order valence-corrected chi connectivity index (χ2v) is 8.03. The molecule has 0 saturated carbocycles. The Morgan fingerprint density at radius 2 is 1.96 bits per heavy atom. The fourth-order valence-corrected chi connectivity index (χ4v) is 4.36. The van der Waals surface area contributed by atoms with Crippen LogP contribution in [-0.4, -0.2) is 16.2 Å². The lowest BCUT2D eigenvalue weighted by Gasteiger charge is -2.05. The van der Waals surface area contributed by atoms with E-state index in [0.29, 0.717) is 12.3 Å². The van der Waals surface area contributed by atoms with Crippen molar-refractivity contribution < 1.29 is 14.4 Å². The summed E-state index contributed by atoms with van der Waals surface area (Å²) in [5.74, 6) is 0.257. The zero-order chi connectivity index (χ0) is 18.6. The minimum Gasteiger partial charge on any atom is -0.382 e. The molecule has 3 heterocycles. The second kappa shape index (κ2) is 7.87. The Morgan fingerprint density at radius 1 is 1.11 bits per heavy atom. The Bertz CT molecular complexity index is 1020. The first-order valence-electron chi connectivity index (χ1n) is 8.31. The summed E-state index contributed by atoms with van der Waals surface area (Å²) in [6.07, 6.45) is -0.622. The topological polar surface area (TPSA) is 75.4 Å². The molecular weight excluding hydrogens is 380 g/mol. The highest BCUT2D eigenvalue weighted by atomic mass is 32.1. The van der Waals surface area contributed by atoms with Gasteiger partial charge in [-0.25, -0.2) is 0 Å². The number of aromatic nitrogens is 1. The smallest absolute Gasteiger partial charge is 0.273 e. The van der Waals surface area contributed by atoms with Gasteiger partial charge in [-0.2, -0.15) is 0 Å². The van der Waals surface area contributed by atoms with Gasteiger partial charge in [0.2, 0.25) is 0 Å². The van der Waals surface area contributed by atoms with Crippen molar-refractivity contribution in [1.29, 1.82) is 0 Å². The van der Waals surface area contributed by atoms with Crippen LogP contribution in [0.4, 0.5) is 0 Å². The lowest BCUT2D eigenvalue weighted by atomic mass is 10.1. The number of rotatable bonds is 6. The maximum absolute atomic E-state index is 12.3. The molecule has 1 aromatic carbocycles. The summed E-state index contributed by atoms with van der Waals surface area (Å²) >= 11 is 3.00. The lowest BCUT2D eigenvalue weighted by molar-refractivity contribution is 0.0942. The summed E-state index contributed by atoms with van der Waals surface area (Å²) in [4.78, 5) is 15.0. The largest absolute Gasteiger partial charge is 0.382 e. The van der Waals surface area contributed by atoms with E-state index in [-0.39, 0.29) is 11.6 Å². The van der Waals surface area contributed by atoms with Crippen LogP contribution in [0.25, 0.3) is 11.3 Å². The molecule has 0 aliphatic carbocycles. The number of aliphatic hydroxyl groups excluding tert-OH is 1. The van der Waals surface area contributed by atoms with Crippen LogP contribution in [0.5, 0.6) is 0 Å². The van der Waals surface area contributed by atoms with Crippen molar-refractivity contribution in [3.8, 4) is 11.3 Å². The standard InChI is InChI=1S/C20H16N2O3S2/c23-19(17-7-4-10-26-17)18-9-8-14(27-18)12-21-20(24)15-11-16(25-22-15)13-5-2-1-3-6-13/h1-11,19,23H,12H2,(H,21,24)/t19-/m1/s1. The first kappa shape index (κ1) is 17.7. The van der Waals surface area contributed by atoms with E-state index in [1.54, 1.807) is 6.07 Å². The van der Waals surface area contributed by atoms with Gasteiger partial charge in [-0.05, 0) is 23.6 Å². The molecular formula is C20H16N2O3S2. The molecule has 5 nitrogen and oxygen atoms in total. The molecule has 1 atom stereocenters. The number of carbonyl (C=O) groups excluding carboxylic acids is 1. The molecule has 2 N–H and O–H groups in total. The lowest BCUT2D eigenvalue weighted by Crippen LogP contribution is -2.22. The van der Waals surface area contributed by atoms with Gasteiger partial charge in [-0.3, -0.25) is 4.79 Å².